The molecule has 0 saturated heterocycles. The summed E-state index contributed by atoms with van der Waals surface area (Å²) in [6.45, 7) is 1.46. The molecule has 1 aliphatic carbocycles. The molecular formula is C12H23F3N2O. The summed E-state index contributed by atoms with van der Waals surface area (Å²) in [7, 11) is 1.47. The first-order valence-corrected chi connectivity index (χ1v) is 6.38. The second-order valence-electron chi connectivity index (χ2n) is 5.59. The maximum Gasteiger partial charge on any atom is 0.401 e. The molecule has 0 amide bonds. The van der Waals surface area contributed by atoms with E-state index in [1.165, 1.54) is 11.9 Å². The maximum absolute atomic E-state index is 12.1. The van der Waals surface area contributed by atoms with E-state index in [1.807, 2.05) is 6.92 Å². The molecule has 1 unspecified atom stereocenters. The highest BCUT2D eigenvalue weighted by atomic mass is 19.4. The van der Waals surface area contributed by atoms with Gasteiger partial charge in [-0.2, -0.15) is 13.2 Å². The molecule has 2 N–H and O–H groups in total. The van der Waals surface area contributed by atoms with E-state index in [4.69, 9.17) is 0 Å². The molecule has 1 atom stereocenters. The molecule has 6 heteroatoms. The number of rotatable bonds is 8. The molecule has 1 saturated carbocycles. The molecule has 3 nitrogen and oxygen atoms in total. The SMILES string of the molecule is CN(CCCC(C)(CO)NC1CC1)CC(F)(F)F. The van der Waals surface area contributed by atoms with E-state index >= 15 is 0 Å². The molecule has 0 aromatic heterocycles. The van der Waals surface area contributed by atoms with Crippen molar-refractivity contribution in [2.75, 3.05) is 26.7 Å². The van der Waals surface area contributed by atoms with Gasteiger partial charge in [-0.3, -0.25) is 4.90 Å². The Morgan fingerprint density at radius 2 is 1.94 bits per heavy atom. The van der Waals surface area contributed by atoms with Crippen LogP contribution in [-0.2, 0) is 0 Å². The standard InChI is InChI=1S/C12H23F3N2O/c1-11(9-18,16-10-4-5-10)6-3-7-17(2)8-12(13,14)15/h10,16,18H,3-9H2,1-2H3. The van der Waals surface area contributed by atoms with Crippen molar-refractivity contribution < 1.29 is 18.3 Å². The van der Waals surface area contributed by atoms with Gasteiger partial charge in [0.15, 0.2) is 0 Å². The summed E-state index contributed by atoms with van der Waals surface area (Å²) in [5.74, 6) is 0. The first-order valence-electron chi connectivity index (χ1n) is 6.38. The van der Waals surface area contributed by atoms with Gasteiger partial charge in [-0.15, -0.1) is 0 Å². The monoisotopic (exact) mass is 268 g/mol. The first kappa shape index (κ1) is 15.7. The van der Waals surface area contributed by atoms with E-state index in [1.54, 1.807) is 0 Å². The fourth-order valence-electron chi connectivity index (χ4n) is 2.04. The van der Waals surface area contributed by atoms with Crippen molar-refractivity contribution in [1.29, 1.82) is 0 Å². The largest absolute Gasteiger partial charge is 0.401 e. The van der Waals surface area contributed by atoms with Gasteiger partial charge >= 0.3 is 6.18 Å². The molecular weight excluding hydrogens is 245 g/mol. The van der Waals surface area contributed by atoms with Gasteiger partial charge in [-0.25, -0.2) is 0 Å². The Morgan fingerprint density at radius 1 is 1.33 bits per heavy atom. The van der Waals surface area contributed by atoms with Crippen LogP contribution in [0, 0.1) is 0 Å². The molecule has 108 valence electrons. The number of aliphatic hydroxyl groups is 1. The van der Waals surface area contributed by atoms with Gasteiger partial charge in [0.05, 0.1) is 13.2 Å². The lowest BCUT2D eigenvalue weighted by atomic mass is 9.96. The molecule has 1 fully saturated rings. The lowest BCUT2D eigenvalue weighted by Gasteiger charge is -2.30. The summed E-state index contributed by atoms with van der Waals surface area (Å²) < 4.78 is 36.4. The minimum Gasteiger partial charge on any atom is -0.394 e. The molecule has 0 aliphatic heterocycles. The van der Waals surface area contributed by atoms with Crippen molar-refractivity contribution in [3.63, 3.8) is 0 Å². The zero-order chi connectivity index (χ0) is 13.8. The minimum absolute atomic E-state index is 0.0203. The van der Waals surface area contributed by atoms with E-state index < -0.39 is 12.7 Å². The third-order valence-corrected chi connectivity index (χ3v) is 3.20. The predicted molar refractivity (Wildman–Crippen MR) is 64.4 cm³/mol. The van der Waals surface area contributed by atoms with Crippen molar-refractivity contribution in [3.8, 4) is 0 Å². The summed E-state index contributed by atoms with van der Waals surface area (Å²) in [5.41, 5.74) is -0.361. The molecule has 0 bridgehead atoms. The quantitative estimate of drug-likeness (QED) is 0.704. The Bertz CT molecular complexity index is 256. The van der Waals surface area contributed by atoms with Gasteiger partial charge in [0.25, 0.3) is 0 Å². The normalized spacial score (nSPS) is 20.2. The van der Waals surface area contributed by atoms with Crippen molar-refractivity contribution in [2.24, 2.45) is 0 Å². The van der Waals surface area contributed by atoms with E-state index in [0.717, 1.165) is 12.8 Å². The molecule has 0 aromatic rings. The predicted octanol–water partition coefficient (Wildman–Crippen LogP) is 1.76. The van der Waals surface area contributed by atoms with Crippen molar-refractivity contribution in [3.05, 3.63) is 0 Å². The van der Waals surface area contributed by atoms with E-state index in [0.29, 0.717) is 25.4 Å². The molecule has 0 radical (unpaired) electrons. The summed E-state index contributed by atoms with van der Waals surface area (Å²) in [6, 6.07) is 0.482. The van der Waals surface area contributed by atoms with Gasteiger partial charge in [-0.1, -0.05) is 0 Å². The number of hydrogen-bond donors (Lipinski definition) is 2. The second kappa shape index (κ2) is 6.21. The van der Waals surface area contributed by atoms with Gasteiger partial charge in [0.1, 0.15) is 0 Å². The Hall–Kier alpha value is -0.330. The fraction of sp³-hybridized carbons (Fsp3) is 1.00. The topological polar surface area (TPSA) is 35.5 Å². The van der Waals surface area contributed by atoms with Crippen molar-refractivity contribution in [2.45, 2.75) is 50.4 Å². The Balaban J connectivity index is 2.21. The number of halogens is 3. The summed E-state index contributed by atoms with van der Waals surface area (Å²) >= 11 is 0. The Labute approximate surface area is 106 Å². The van der Waals surface area contributed by atoms with Crippen LogP contribution >= 0.6 is 0 Å². The zero-order valence-electron chi connectivity index (χ0n) is 11.1. The molecule has 0 spiro atoms. The van der Waals surface area contributed by atoms with E-state index in [-0.39, 0.29) is 12.1 Å². The van der Waals surface area contributed by atoms with Crippen LogP contribution in [0.5, 0.6) is 0 Å². The molecule has 0 heterocycles. The Kier molecular flexibility index (Phi) is 5.43. The highest BCUT2D eigenvalue weighted by Crippen LogP contribution is 2.24. The van der Waals surface area contributed by atoms with Crippen LogP contribution in [0.15, 0.2) is 0 Å². The fourth-order valence-corrected chi connectivity index (χ4v) is 2.04. The number of alkyl halides is 3. The second-order valence-corrected chi connectivity index (χ2v) is 5.59. The average Bonchev–Trinajstić information content (AvgIpc) is 2.98. The van der Waals surface area contributed by atoms with Gasteiger partial charge in [0.2, 0.25) is 0 Å². The number of nitrogens with zero attached hydrogens (tertiary/aromatic N) is 1. The molecule has 1 rings (SSSR count). The van der Waals surface area contributed by atoms with Crippen molar-refractivity contribution in [1.82, 2.24) is 10.2 Å². The van der Waals surface area contributed by atoms with Crippen LogP contribution < -0.4 is 5.32 Å². The van der Waals surface area contributed by atoms with Crippen LogP contribution in [0.25, 0.3) is 0 Å². The number of hydrogen-bond acceptors (Lipinski definition) is 3. The van der Waals surface area contributed by atoms with Crippen LogP contribution in [0.2, 0.25) is 0 Å². The lowest BCUT2D eigenvalue weighted by Crippen LogP contribution is -2.47. The molecule has 1 aliphatic rings. The highest BCUT2D eigenvalue weighted by molar-refractivity contribution is 4.92. The van der Waals surface area contributed by atoms with E-state index in [2.05, 4.69) is 5.32 Å². The van der Waals surface area contributed by atoms with Crippen LogP contribution in [0.4, 0.5) is 13.2 Å². The summed E-state index contributed by atoms with van der Waals surface area (Å²) in [4.78, 5) is 1.27. The van der Waals surface area contributed by atoms with E-state index in [9.17, 15) is 18.3 Å². The van der Waals surface area contributed by atoms with Gasteiger partial charge in [-0.05, 0) is 46.2 Å². The third-order valence-electron chi connectivity index (χ3n) is 3.20. The van der Waals surface area contributed by atoms with Gasteiger partial charge < -0.3 is 10.4 Å². The summed E-state index contributed by atoms with van der Waals surface area (Å²) in [5, 5.41) is 12.7. The number of nitrogens with one attached hydrogen (secondary N) is 1. The minimum atomic E-state index is -4.14. The van der Waals surface area contributed by atoms with Crippen LogP contribution in [0.1, 0.15) is 32.6 Å². The third kappa shape index (κ3) is 6.56. The average molecular weight is 268 g/mol. The van der Waals surface area contributed by atoms with Crippen molar-refractivity contribution >= 4 is 0 Å². The van der Waals surface area contributed by atoms with Crippen LogP contribution in [0.3, 0.4) is 0 Å². The maximum atomic E-state index is 12.1. The first-order chi connectivity index (χ1) is 8.24. The van der Waals surface area contributed by atoms with Crippen LogP contribution in [-0.4, -0.2) is 54.5 Å². The Morgan fingerprint density at radius 3 is 2.39 bits per heavy atom. The summed E-state index contributed by atoms with van der Waals surface area (Å²) in [6.07, 6.45) is -0.556. The lowest BCUT2D eigenvalue weighted by molar-refractivity contribution is -0.143. The molecule has 0 aromatic carbocycles. The highest BCUT2D eigenvalue weighted by Gasteiger charge is 2.32. The zero-order valence-corrected chi connectivity index (χ0v) is 11.1. The molecule has 18 heavy (non-hydrogen) atoms. The number of aliphatic hydroxyl groups excluding tert-OH is 1. The smallest absolute Gasteiger partial charge is 0.394 e. The van der Waals surface area contributed by atoms with Gasteiger partial charge in [0, 0.05) is 11.6 Å².